The number of benzene rings is 1. The fourth-order valence-corrected chi connectivity index (χ4v) is 3.63. The van der Waals surface area contributed by atoms with Crippen LogP contribution < -0.4 is 16.0 Å². The lowest BCUT2D eigenvalue weighted by atomic mass is 9.98. The second-order valence-corrected chi connectivity index (χ2v) is 7.17. The largest absolute Gasteiger partial charge is 0.354 e. The van der Waals surface area contributed by atoms with Crippen molar-refractivity contribution in [2.75, 3.05) is 31.5 Å². The first-order valence-corrected chi connectivity index (χ1v) is 9.33. The molecule has 3 rings (SSSR count). The molecular weight excluding hydrogens is 340 g/mol. The number of carbonyl (C=O) groups is 2. The van der Waals surface area contributed by atoms with Crippen molar-refractivity contribution in [3.8, 4) is 0 Å². The maximum Gasteiger partial charge on any atom is 0.321 e. The molecule has 0 aliphatic carbocycles. The van der Waals surface area contributed by atoms with E-state index in [1.54, 1.807) is 17.0 Å². The fraction of sp³-hybridized carbons (Fsp3) is 0.556. The Hall–Kier alpha value is -1.79. The zero-order valence-corrected chi connectivity index (χ0v) is 15.0. The van der Waals surface area contributed by atoms with Gasteiger partial charge in [-0.1, -0.05) is 23.7 Å². The highest BCUT2D eigenvalue weighted by molar-refractivity contribution is 6.33. The lowest BCUT2D eigenvalue weighted by Gasteiger charge is -2.33. The zero-order chi connectivity index (χ0) is 17.6. The smallest absolute Gasteiger partial charge is 0.321 e. The number of hydrogen-bond donors (Lipinski definition) is 3. The molecule has 2 aliphatic rings. The minimum Gasteiger partial charge on any atom is -0.354 e. The lowest BCUT2D eigenvalue weighted by molar-refractivity contribution is -0.123. The molecule has 25 heavy (non-hydrogen) atoms. The van der Waals surface area contributed by atoms with Crippen molar-refractivity contribution in [1.82, 2.24) is 15.5 Å². The van der Waals surface area contributed by atoms with Crippen molar-refractivity contribution in [1.29, 1.82) is 0 Å². The summed E-state index contributed by atoms with van der Waals surface area (Å²) in [6, 6.07) is 7.02. The highest BCUT2D eigenvalue weighted by Gasteiger charge is 2.26. The first kappa shape index (κ1) is 18.0. The summed E-state index contributed by atoms with van der Waals surface area (Å²) in [5.41, 5.74) is 0.622. The maximum absolute atomic E-state index is 12.5. The van der Waals surface area contributed by atoms with Gasteiger partial charge in [0, 0.05) is 19.6 Å². The minimum atomic E-state index is -0.137. The highest BCUT2D eigenvalue weighted by atomic mass is 35.5. The van der Waals surface area contributed by atoms with Gasteiger partial charge in [0.15, 0.2) is 0 Å². The topological polar surface area (TPSA) is 73.5 Å². The van der Waals surface area contributed by atoms with Crippen LogP contribution in [0.2, 0.25) is 5.02 Å². The third kappa shape index (κ3) is 4.86. The molecule has 2 heterocycles. The summed E-state index contributed by atoms with van der Waals surface area (Å²) in [4.78, 5) is 26.4. The summed E-state index contributed by atoms with van der Waals surface area (Å²) in [7, 11) is 0. The lowest BCUT2D eigenvalue weighted by Crippen LogP contribution is -2.47. The van der Waals surface area contributed by atoms with Crippen LogP contribution in [0.5, 0.6) is 0 Å². The summed E-state index contributed by atoms with van der Waals surface area (Å²) in [6.45, 7) is 2.91. The number of anilines is 1. The number of hydrogen-bond acceptors (Lipinski definition) is 3. The molecule has 0 aromatic heterocycles. The van der Waals surface area contributed by atoms with Gasteiger partial charge < -0.3 is 20.9 Å². The van der Waals surface area contributed by atoms with E-state index in [9.17, 15) is 9.59 Å². The predicted molar refractivity (Wildman–Crippen MR) is 98.8 cm³/mol. The number of amides is 3. The molecule has 2 fully saturated rings. The van der Waals surface area contributed by atoms with Crippen molar-refractivity contribution in [2.24, 2.45) is 5.92 Å². The summed E-state index contributed by atoms with van der Waals surface area (Å²) in [5.74, 6) is 0.367. The number of para-hydroxylation sites is 1. The predicted octanol–water partition coefficient (Wildman–Crippen LogP) is 2.45. The number of likely N-dealkylation sites (tertiary alicyclic amines) is 1. The Balaban J connectivity index is 1.48. The van der Waals surface area contributed by atoms with Crippen LogP contribution in [0.4, 0.5) is 10.5 Å². The standard InChI is InChI=1S/C18H25ClN4O2/c19-14-6-1-2-7-15(14)22-18(25)23-10-4-5-13(12-23)11-21-17(24)16-8-3-9-20-16/h1-2,6-7,13,16,20H,3-5,8-12H2,(H,21,24)(H,22,25). The van der Waals surface area contributed by atoms with Gasteiger partial charge in [0.1, 0.15) is 0 Å². The molecule has 2 unspecified atom stereocenters. The van der Waals surface area contributed by atoms with Crippen molar-refractivity contribution < 1.29 is 9.59 Å². The molecule has 1 aromatic carbocycles. The number of nitrogens with one attached hydrogen (secondary N) is 3. The molecule has 2 atom stereocenters. The molecule has 2 saturated heterocycles. The van der Waals surface area contributed by atoms with Crippen LogP contribution in [0.15, 0.2) is 24.3 Å². The summed E-state index contributed by atoms with van der Waals surface area (Å²) in [5, 5.41) is 9.63. The van der Waals surface area contributed by atoms with Gasteiger partial charge in [0.25, 0.3) is 0 Å². The van der Waals surface area contributed by atoms with Crippen molar-refractivity contribution in [3.05, 3.63) is 29.3 Å². The van der Waals surface area contributed by atoms with Gasteiger partial charge in [0.05, 0.1) is 16.8 Å². The van der Waals surface area contributed by atoms with Crippen molar-refractivity contribution in [2.45, 2.75) is 31.7 Å². The highest BCUT2D eigenvalue weighted by Crippen LogP contribution is 2.22. The summed E-state index contributed by atoms with van der Waals surface area (Å²) in [6.07, 6.45) is 3.92. The average molecular weight is 365 g/mol. The third-order valence-electron chi connectivity index (χ3n) is 4.86. The average Bonchev–Trinajstić information content (AvgIpc) is 3.16. The van der Waals surface area contributed by atoms with Crippen LogP contribution in [-0.4, -0.2) is 49.1 Å². The molecule has 0 spiro atoms. The quantitative estimate of drug-likeness (QED) is 0.768. The molecule has 0 bridgehead atoms. The van der Waals surface area contributed by atoms with Gasteiger partial charge >= 0.3 is 6.03 Å². The second kappa shape index (κ2) is 8.54. The number of piperidine rings is 1. The van der Waals surface area contributed by atoms with Gasteiger partial charge in [-0.2, -0.15) is 0 Å². The van der Waals surface area contributed by atoms with E-state index in [1.807, 2.05) is 12.1 Å². The van der Waals surface area contributed by atoms with E-state index >= 15 is 0 Å². The molecule has 2 aliphatic heterocycles. The normalized spacial score (nSPS) is 23.3. The van der Waals surface area contributed by atoms with Crippen molar-refractivity contribution in [3.63, 3.8) is 0 Å². The van der Waals surface area contributed by atoms with Gasteiger partial charge in [-0.3, -0.25) is 4.79 Å². The molecule has 7 heteroatoms. The van der Waals surface area contributed by atoms with Crippen LogP contribution in [0.25, 0.3) is 0 Å². The monoisotopic (exact) mass is 364 g/mol. The third-order valence-corrected chi connectivity index (χ3v) is 5.19. The fourth-order valence-electron chi connectivity index (χ4n) is 3.45. The van der Waals surface area contributed by atoms with E-state index < -0.39 is 0 Å². The maximum atomic E-state index is 12.5. The molecular formula is C18H25ClN4O2. The van der Waals surface area contributed by atoms with Crippen LogP contribution >= 0.6 is 11.6 Å². The Morgan fingerprint density at radius 1 is 1.24 bits per heavy atom. The van der Waals surface area contributed by atoms with E-state index in [0.717, 1.165) is 38.8 Å². The van der Waals surface area contributed by atoms with E-state index in [0.29, 0.717) is 23.8 Å². The molecule has 3 N–H and O–H groups in total. The van der Waals surface area contributed by atoms with E-state index in [2.05, 4.69) is 16.0 Å². The Labute approximate surface area is 153 Å². The summed E-state index contributed by atoms with van der Waals surface area (Å²) < 4.78 is 0. The van der Waals surface area contributed by atoms with Crippen LogP contribution in [-0.2, 0) is 4.79 Å². The van der Waals surface area contributed by atoms with Crippen LogP contribution in [0, 0.1) is 5.92 Å². The Morgan fingerprint density at radius 2 is 2.08 bits per heavy atom. The molecule has 1 aromatic rings. The number of nitrogens with zero attached hydrogens (tertiary/aromatic N) is 1. The van der Waals surface area contributed by atoms with Crippen LogP contribution in [0.3, 0.4) is 0 Å². The van der Waals surface area contributed by atoms with Gasteiger partial charge in [-0.05, 0) is 50.3 Å². The Kier molecular flexibility index (Phi) is 6.15. The summed E-state index contributed by atoms with van der Waals surface area (Å²) >= 11 is 6.10. The van der Waals surface area contributed by atoms with Gasteiger partial charge in [-0.15, -0.1) is 0 Å². The number of rotatable bonds is 4. The first-order valence-electron chi connectivity index (χ1n) is 8.95. The van der Waals surface area contributed by atoms with Gasteiger partial charge in [-0.25, -0.2) is 4.79 Å². The second-order valence-electron chi connectivity index (χ2n) is 6.76. The van der Waals surface area contributed by atoms with E-state index in [-0.39, 0.29) is 23.9 Å². The molecule has 136 valence electrons. The molecule has 6 nitrogen and oxygen atoms in total. The van der Waals surface area contributed by atoms with E-state index in [1.165, 1.54) is 0 Å². The number of halogens is 1. The molecule has 0 radical (unpaired) electrons. The Bertz CT molecular complexity index is 619. The minimum absolute atomic E-state index is 0.0526. The first-order chi connectivity index (χ1) is 12.1. The molecule has 0 saturated carbocycles. The number of carbonyl (C=O) groups excluding carboxylic acids is 2. The van der Waals surface area contributed by atoms with Crippen molar-refractivity contribution >= 4 is 29.2 Å². The SMILES string of the molecule is O=C(NCC1CCCN(C(=O)Nc2ccccc2Cl)C1)C1CCCN1. The number of urea groups is 1. The van der Waals surface area contributed by atoms with Crippen LogP contribution in [0.1, 0.15) is 25.7 Å². The zero-order valence-electron chi connectivity index (χ0n) is 14.3. The molecule has 3 amide bonds. The van der Waals surface area contributed by atoms with E-state index in [4.69, 9.17) is 11.6 Å². The van der Waals surface area contributed by atoms with Gasteiger partial charge in [0.2, 0.25) is 5.91 Å². The Morgan fingerprint density at radius 3 is 2.84 bits per heavy atom.